The second-order valence-corrected chi connectivity index (χ2v) is 8.71. The molecule has 2 amide bonds. The van der Waals surface area contributed by atoms with E-state index in [4.69, 9.17) is 19.3 Å². The van der Waals surface area contributed by atoms with E-state index in [1.54, 1.807) is 0 Å². The highest BCUT2D eigenvalue weighted by atomic mass is 79.9. The Kier molecular flexibility index (Phi) is 8.98. The number of aliphatic hydroxyl groups is 2. The fraction of sp³-hybridized carbons (Fsp3) is 0.750. The molecule has 9 nitrogen and oxygen atoms in total. The number of halogens is 1. The van der Waals surface area contributed by atoms with E-state index in [-0.39, 0.29) is 30.0 Å². The predicted octanol–water partition coefficient (Wildman–Crippen LogP) is 1.88. The average Bonchev–Trinajstić information content (AvgIpc) is 3.08. The SMILES string of the molecule is CO[C@@H](C(=O)N1C(=O)OC[C@H]1C(C)C)[C@H]1O[C@@](O)(CCCCCCO)C(Br)=CC1=O. The molecule has 2 N–H and O–H groups in total. The number of methoxy groups -OCH3 is 1. The van der Waals surface area contributed by atoms with Gasteiger partial charge in [-0.25, -0.2) is 9.69 Å². The molecule has 2 heterocycles. The van der Waals surface area contributed by atoms with Gasteiger partial charge in [0.2, 0.25) is 0 Å². The van der Waals surface area contributed by atoms with E-state index in [0.717, 1.165) is 17.7 Å². The molecular weight excluding hydrogens is 462 g/mol. The molecule has 2 aliphatic rings. The molecule has 0 radical (unpaired) electrons. The first-order valence-corrected chi connectivity index (χ1v) is 10.9. The maximum absolute atomic E-state index is 13.1. The standard InChI is InChI=1S/C20H30BrNO8/c1-12(2)13-11-29-19(26)22(13)18(25)17(28-3)16-14(24)10-15(21)20(27,30-16)8-6-4-5-7-9-23/h10,12-13,16-17,23,27H,4-9,11H2,1-3H3/t13-,16-,17+,20-/m0/s1. The minimum absolute atomic E-state index is 0.0502. The van der Waals surface area contributed by atoms with Crippen LogP contribution in [0.5, 0.6) is 0 Å². The number of nitrogens with zero attached hydrogens (tertiary/aromatic N) is 1. The number of carbonyl (C=O) groups is 3. The molecule has 0 aromatic rings. The Morgan fingerprint density at radius 2 is 2.00 bits per heavy atom. The number of ketones is 1. The number of carbonyl (C=O) groups excluding carboxylic acids is 3. The van der Waals surface area contributed by atoms with Gasteiger partial charge in [-0.15, -0.1) is 0 Å². The van der Waals surface area contributed by atoms with Crippen LogP contribution < -0.4 is 0 Å². The van der Waals surface area contributed by atoms with Crippen molar-refractivity contribution in [3.63, 3.8) is 0 Å². The van der Waals surface area contributed by atoms with Crippen LogP contribution in [0, 0.1) is 5.92 Å². The number of cyclic esters (lactones) is 1. The highest BCUT2D eigenvalue weighted by molar-refractivity contribution is 9.11. The van der Waals surface area contributed by atoms with E-state index in [2.05, 4.69) is 15.9 Å². The Bertz CT molecular complexity index is 682. The average molecular weight is 492 g/mol. The molecule has 2 aliphatic heterocycles. The van der Waals surface area contributed by atoms with E-state index in [0.29, 0.717) is 12.8 Å². The van der Waals surface area contributed by atoms with Crippen LogP contribution in [0.4, 0.5) is 4.79 Å². The Morgan fingerprint density at radius 1 is 1.33 bits per heavy atom. The number of aliphatic hydroxyl groups excluding tert-OH is 1. The summed E-state index contributed by atoms with van der Waals surface area (Å²) in [6, 6.07) is -0.478. The molecule has 1 fully saturated rings. The van der Waals surface area contributed by atoms with E-state index in [1.165, 1.54) is 13.2 Å². The third-order valence-corrected chi connectivity index (χ3v) is 6.20. The number of amides is 2. The van der Waals surface area contributed by atoms with E-state index in [9.17, 15) is 19.5 Å². The Balaban J connectivity index is 2.17. The fourth-order valence-corrected chi connectivity index (χ4v) is 4.05. The summed E-state index contributed by atoms with van der Waals surface area (Å²) < 4.78 is 16.1. The van der Waals surface area contributed by atoms with Gasteiger partial charge in [0, 0.05) is 20.1 Å². The maximum Gasteiger partial charge on any atom is 0.417 e. The lowest BCUT2D eigenvalue weighted by Crippen LogP contribution is -2.56. The third-order valence-electron chi connectivity index (χ3n) is 5.35. The third kappa shape index (κ3) is 5.47. The van der Waals surface area contributed by atoms with Crippen molar-refractivity contribution in [2.45, 2.75) is 70.0 Å². The van der Waals surface area contributed by atoms with Gasteiger partial charge in [0.05, 0.1) is 10.5 Å². The lowest BCUT2D eigenvalue weighted by molar-refractivity contribution is -0.227. The monoisotopic (exact) mass is 491 g/mol. The van der Waals surface area contributed by atoms with Gasteiger partial charge in [-0.1, -0.05) is 26.7 Å². The summed E-state index contributed by atoms with van der Waals surface area (Å²) in [4.78, 5) is 38.8. The first-order valence-electron chi connectivity index (χ1n) is 10.1. The van der Waals surface area contributed by atoms with Crippen molar-refractivity contribution in [1.82, 2.24) is 4.90 Å². The summed E-state index contributed by atoms with van der Waals surface area (Å²) in [6.45, 7) is 3.88. The first-order chi connectivity index (χ1) is 14.2. The Morgan fingerprint density at radius 3 is 2.60 bits per heavy atom. The number of ether oxygens (including phenoxy) is 3. The number of imide groups is 1. The molecule has 0 aromatic carbocycles. The van der Waals surface area contributed by atoms with E-state index >= 15 is 0 Å². The zero-order valence-electron chi connectivity index (χ0n) is 17.5. The topological polar surface area (TPSA) is 123 Å². The smallest absolute Gasteiger partial charge is 0.417 e. The first kappa shape index (κ1) is 24.9. The van der Waals surface area contributed by atoms with Crippen molar-refractivity contribution < 1.29 is 38.8 Å². The van der Waals surface area contributed by atoms with Crippen LogP contribution in [0.25, 0.3) is 0 Å². The molecule has 0 spiro atoms. The molecule has 1 saturated heterocycles. The van der Waals surface area contributed by atoms with Crippen molar-refractivity contribution in [2.75, 3.05) is 20.3 Å². The quantitative estimate of drug-likeness (QED) is 0.444. The zero-order chi connectivity index (χ0) is 22.5. The summed E-state index contributed by atoms with van der Waals surface area (Å²) in [5, 5.41) is 19.8. The number of unbranched alkanes of at least 4 members (excludes halogenated alkanes) is 3. The molecule has 4 atom stereocenters. The summed E-state index contributed by atoms with van der Waals surface area (Å²) in [5.74, 6) is -3.14. The number of hydrogen-bond donors (Lipinski definition) is 2. The molecule has 0 unspecified atom stereocenters. The number of rotatable bonds is 10. The van der Waals surface area contributed by atoms with Gasteiger partial charge in [0.15, 0.2) is 23.8 Å². The molecule has 170 valence electrons. The summed E-state index contributed by atoms with van der Waals surface area (Å²) >= 11 is 3.19. The van der Waals surface area contributed by atoms with E-state index in [1.807, 2.05) is 13.8 Å². The van der Waals surface area contributed by atoms with Gasteiger partial charge in [-0.3, -0.25) is 9.59 Å². The Labute approximate surface area is 184 Å². The molecule has 0 bridgehead atoms. The highest BCUT2D eigenvalue weighted by Gasteiger charge is 2.50. The molecule has 0 aliphatic carbocycles. The van der Waals surface area contributed by atoms with Crippen LogP contribution in [0.1, 0.15) is 46.0 Å². The van der Waals surface area contributed by atoms with Gasteiger partial charge < -0.3 is 24.4 Å². The van der Waals surface area contributed by atoms with Crippen LogP contribution >= 0.6 is 15.9 Å². The van der Waals surface area contributed by atoms with Gasteiger partial charge >= 0.3 is 6.09 Å². The summed E-state index contributed by atoms with van der Waals surface area (Å²) in [7, 11) is 1.24. The predicted molar refractivity (Wildman–Crippen MR) is 110 cm³/mol. The lowest BCUT2D eigenvalue weighted by atomic mass is 9.97. The normalized spacial score (nSPS) is 28.0. The molecular formula is C20H30BrNO8. The van der Waals surface area contributed by atoms with Gasteiger partial charge in [0.1, 0.15) is 6.61 Å². The summed E-state index contributed by atoms with van der Waals surface area (Å²) in [5.41, 5.74) is 0. The van der Waals surface area contributed by atoms with Crippen LogP contribution in [-0.4, -0.2) is 77.3 Å². The van der Waals surface area contributed by atoms with Crippen LogP contribution in [0.2, 0.25) is 0 Å². The van der Waals surface area contributed by atoms with Crippen LogP contribution in [-0.2, 0) is 23.8 Å². The molecule has 0 saturated carbocycles. The fourth-order valence-electron chi connectivity index (χ4n) is 3.53. The van der Waals surface area contributed by atoms with Crippen molar-refractivity contribution in [2.24, 2.45) is 5.92 Å². The van der Waals surface area contributed by atoms with Gasteiger partial charge in [-0.2, -0.15) is 0 Å². The lowest BCUT2D eigenvalue weighted by Gasteiger charge is -2.38. The van der Waals surface area contributed by atoms with Crippen molar-refractivity contribution in [3.05, 3.63) is 10.6 Å². The van der Waals surface area contributed by atoms with Crippen molar-refractivity contribution in [1.29, 1.82) is 0 Å². The van der Waals surface area contributed by atoms with Gasteiger partial charge in [-0.05, 0) is 40.8 Å². The maximum atomic E-state index is 13.1. The highest BCUT2D eigenvalue weighted by Crippen LogP contribution is 2.36. The van der Waals surface area contributed by atoms with Gasteiger partial charge in [0.25, 0.3) is 5.91 Å². The molecule has 2 rings (SSSR count). The van der Waals surface area contributed by atoms with Crippen molar-refractivity contribution in [3.8, 4) is 0 Å². The molecule has 10 heteroatoms. The number of hydrogen-bond acceptors (Lipinski definition) is 8. The minimum atomic E-state index is -1.79. The largest absolute Gasteiger partial charge is 0.447 e. The second-order valence-electron chi connectivity index (χ2n) is 7.86. The Hall–Kier alpha value is -1.33. The van der Waals surface area contributed by atoms with Crippen LogP contribution in [0.15, 0.2) is 10.6 Å². The van der Waals surface area contributed by atoms with E-state index < -0.39 is 41.8 Å². The second kappa shape index (κ2) is 10.8. The van der Waals surface area contributed by atoms with Crippen molar-refractivity contribution >= 4 is 33.7 Å². The van der Waals surface area contributed by atoms with Crippen LogP contribution in [0.3, 0.4) is 0 Å². The zero-order valence-corrected chi connectivity index (χ0v) is 19.1. The summed E-state index contributed by atoms with van der Waals surface area (Å²) in [6.07, 6.45) is 0.555. The molecule has 0 aromatic heterocycles. The molecule has 30 heavy (non-hydrogen) atoms. The minimum Gasteiger partial charge on any atom is -0.447 e.